The molecular formula is C17H13F2N3O. The molecule has 2 rings (SSSR count). The second-order valence-electron chi connectivity index (χ2n) is 4.75. The predicted molar refractivity (Wildman–Crippen MR) is 81.8 cm³/mol. The first-order valence-corrected chi connectivity index (χ1v) is 6.66. The Balaban J connectivity index is 2.40. The first kappa shape index (κ1) is 16.3. The zero-order valence-corrected chi connectivity index (χ0v) is 12.4. The molecule has 1 amide bonds. The molecule has 6 heteroatoms. The predicted octanol–water partition coefficient (Wildman–Crippen LogP) is 2.17. The van der Waals surface area contributed by atoms with E-state index in [-0.39, 0.29) is 24.5 Å². The minimum Gasteiger partial charge on any atom is -0.315 e. The van der Waals surface area contributed by atoms with Gasteiger partial charge in [0.15, 0.2) is 11.5 Å². The number of aromatic nitrogens is 2. The number of hydrogen-bond acceptors (Lipinski definition) is 2. The van der Waals surface area contributed by atoms with E-state index in [2.05, 4.69) is 16.9 Å². The van der Waals surface area contributed by atoms with Gasteiger partial charge in [0.05, 0.1) is 13.1 Å². The van der Waals surface area contributed by atoms with Crippen molar-refractivity contribution in [2.75, 3.05) is 13.1 Å². The largest absolute Gasteiger partial charge is 0.315 e. The highest BCUT2D eigenvalue weighted by molar-refractivity contribution is 5.92. The van der Waals surface area contributed by atoms with Gasteiger partial charge in [-0.1, -0.05) is 11.8 Å². The van der Waals surface area contributed by atoms with Crippen molar-refractivity contribution in [1.82, 2.24) is 14.7 Å². The number of halogens is 2. The Hall–Kier alpha value is -3.12. The Morgan fingerprint density at radius 1 is 1.26 bits per heavy atom. The third-order valence-corrected chi connectivity index (χ3v) is 3.10. The second-order valence-corrected chi connectivity index (χ2v) is 4.75. The lowest BCUT2D eigenvalue weighted by Gasteiger charge is -2.15. The molecule has 0 aliphatic carbocycles. The van der Waals surface area contributed by atoms with Crippen LogP contribution < -0.4 is 0 Å². The number of carbonyl (C=O) groups is 1. The Labute approximate surface area is 132 Å². The number of aryl methyl sites for hydroxylation is 1. The molecule has 1 aromatic heterocycles. The average molecular weight is 313 g/mol. The van der Waals surface area contributed by atoms with Gasteiger partial charge >= 0.3 is 0 Å². The van der Waals surface area contributed by atoms with E-state index >= 15 is 0 Å². The summed E-state index contributed by atoms with van der Waals surface area (Å²) in [5.41, 5.74) is 0.639. The van der Waals surface area contributed by atoms with Crippen molar-refractivity contribution in [1.29, 1.82) is 0 Å². The highest BCUT2D eigenvalue weighted by Gasteiger charge is 2.20. The maximum atomic E-state index is 13.9. The van der Waals surface area contributed by atoms with Crippen LogP contribution >= 0.6 is 0 Å². The summed E-state index contributed by atoms with van der Waals surface area (Å²) in [4.78, 5) is 13.6. The van der Waals surface area contributed by atoms with Gasteiger partial charge in [0.2, 0.25) is 0 Å². The lowest BCUT2D eigenvalue weighted by Crippen LogP contribution is -2.32. The van der Waals surface area contributed by atoms with E-state index in [0.29, 0.717) is 5.69 Å². The second kappa shape index (κ2) is 6.76. The molecule has 0 N–H and O–H groups in total. The average Bonchev–Trinajstić information content (AvgIpc) is 2.88. The van der Waals surface area contributed by atoms with Crippen LogP contribution in [-0.4, -0.2) is 33.7 Å². The summed E-state index contributed by atoms with van der Waals surface area (Å²) in [7, 11) is 0. The molecule has 2 aromatic rings. The molecule has 0 radical (unpaired) electrons. The fraction of sp³-hybridized carbons (Fsp3) is 0.176. The zero-order chi connectivity index (χ0) is 17.0. The summed E-state index contributed by atoms with van der Waals surface area (Å²) in [6, 6.07) is 4.61. The molecule has 0 saturated carbocycles. The number of amides is 1. The highest BCUT2D eigenvalue weighted by Crippen LogP contribution is 2.17. The van der Waals surface area contributed by atoms with E-state index in [4.69, 9.17) is 12.8 Å². The monoisotopic (exact) mass is 313 g/mol. The van der Waals surface area contributed by atoms with Crippen LogP contribution in [0, 0.1) is 43.2 Å². The molecule has 1 aromatic carbocycles. The Morgan fingerprint density at radius 3 is 2.48 bits per heavy atom. The van der Waals surface area contributed by atoms with Crippen molar-refractivity contribution in [2.24, 2.45) is 0 Å². The molecule has 0 aliphatic rings. The van der Waals surface area contributed by atoms with Gasteiger partial charge < -0.3 is 4.90 Å². The van der Waals surface area contributed by atoms with Gasteiger partial charge in [-0.25, -0.2) is 13.5 Å². The van der Waals surface area contributed by atoms with Crippen molar-refractivity contribution in [3.8, 4) is 30.4 Å². The van der Waals surface area contributed by atoms with Gasteiger partial charge in [-0.3, -0.25) is 4.79 Å². The molecule has 0 aliphatic heterocycles. The number of terminal acetylenes is 2. The summed E-state index contributed by atoms with van der Waals surface area (Å²) in [5, 5.41) is 4.08. The third-order valence-electron chi connectivity index (χ3n) is 3.10. The number of nitrogens with zero attached hydrogens (tertiary/aromatic N) is 3. The molecule has 23 heavy (non-hydrogen) atoms. The van der Waals surface area contributed by atoms with E-state index in [1.165, 1.54) is 21.7 Å². The maximum Gasteiger partial charge on any atom is 0.275 e. The molecule has 0 saturated heterocycles. The highest BCUT2D eigenvalue weighted by atomic mass is 19.1. The normalized spacial score (nSPS) is 9.96. The number of carbonyl (C=O) groups excluding carboxylic acids is 1. The van der Waals surface area contributed by atoms with Crippen LogP contribution in [0.1, 0.15) is 16.2 Å². The van der Waals surface area contributed by atoms with Crippen molar-refractivity contribution < 1.29 is 13.6 Å². The smallest absolute Gasteiger partial charge is 0.275 e. The van der Waals surface area contributed by atoms with E-state index in [1.807, 2.05) is 0 Å². The van der Waals surface area contributed by atoms with E-state index in [0.717, 1.165) is 12.1 Å². The summed E-state index contributed by atoms with van der Waals surface area (Å²) < 4.78 is 28.1. The number of hydrogen-bond donors (Lipinski definition) is 0. The first-order chi connectivity index (χ1) is 11.0. The minimum absolute atomic E-state index is 0.0415. The van der Waals surface area contributed by atoms with Gasteiger partial charge in [-0.2, -0.15) is 5.10 Å². The lowest BCUT2D eigenvalue weighted by atomic mass is 10.3. The topological polar surface area (TPSA) is 38.1 Å². The van der Waals surface area contributed by atoms with Crippen molar-refractivity contribution in [3.05, 3.63) is 47.3 Å². The maximum absolute atomic E-state index is 13.9. The quantitative estimate of drug-likeness (QED) is 0.811. The third kappa shape index (κ3) is 3.38. The number of benzene rings is 1. The van der Waals surface area contributed by atoms with Crippen LogP contribution in [0.4, 0.5) is 8.78 Å². The molecular weight excluding hydrogens is 300 g/mol. The van der Waals surface area contributed by atoms with Crippen LogP contribution in [0.2, 0.25) is 0 Å². The van der Waals surface area contributed by atoms with E-state index in [1.54, 1.807) is 6.92 Å². The Kier molecular flexibility index (Phi) is 4.78. The van der Waals surface area contributed by atoms with Gasteiger partial charge in [-0.15, -0.1) is 12.8 Å². The molecule has 0 bridgehead atoms. The molecule has 0 fully saturated rings. The summed E-state index contributed by atoms with van der Waals surface area (Å²) >= 11 is 0. The van der Waals surface area contributed by atoms with Crippen LogP contribution in [0.3, 0.4) is 0 Å². The van der Waals surface area contributed by atoms with E-state index in [9.17, 15) is 13.6 Å². The minimum atomic E-state index is -0.778. The molecule has 0 spiro atoms. The lowest BCUT2D eigenvalue weighted by molar-refractivity contribution is 0.0790. The van der Waals surface area contributed by atoms with Crippen molar-refractivity contribution >= 4 is 5.91 Å². The zero-order valence-electron chi connectivity index (χ0n) is 12.4. The van der Waals surface area contributed by atoms with E-state index < -0.39 is 17.5 Å². The van der Waals surface area contributed by atoms with Crippen molar-refractivity contribution in [2.45, 2.75) is 6.92 Å². The van der Waals surface area contributed by atoms with Gasteiger partial charge in [0.1, 0.15) is 11.5 Å². The fourth-order valence-electron chi connectivity index (χ4n) is 2.06. The first-order valence-electron chi connectivity index (χ1n) is 6.66. The van der Waals surface area contributed by atoms with Crippen LogP contribution in [0.5, 0.6) is 0 Å². The Morgan fingerprint density at radius 2 is 1.91 bits per heavy atom. The summed E-state index contributed by atoms with van der Waals surface area (Å²) in [5.74, 6) is 2.77. The SMILES string of the molecule is C#CCN(CC#C)C(=O)c1cc(C)n(-c2ccc(F)cc2F)n1. The molecule has 1 heterocycles. The Bertz CT molecular complexity index is 811. The van der Waals surface area contributed by atoms with Crippen LogP contribution in [0.15, 0.2) is 24.3 Å². The summed E-state index contributed by atoms with van der Waals surface area (Å²) in [6.07, 6.45) is 10.4. The summed E-state index contributed by atoms with van der Waals surface area (Å²) in [6.45, 7) is 1.74. The molecule has 0 unspecified atom stereocenters. The molecule has 4 nitrogen and oxygen atoms in total. The molecule has 116 valence electrons. The van der Waals surface area contributed by atoms with Gasteiger partial charge in [0.25, 0.3) is 5.91 Å². The van der Waals surface area contributed by atoms with Gasteiger partial charge in [0, 0.05) is 11.8 Å². The van der Waals surface area contributed by atoms with Crippen LogP contribution in [-0.2, 0) is 0 Å². The standard InChI is InChI=1S/C17H13F2N3O/c1-4-8-21(9-5-2)17(23)15-10-12(3)22(20-15)16-7-6-13(18)11-14(16)19/h1-2,6-7,10-11H,8-9H2,3H3. The number of rotatable bonds is 4. The van der Waals surface area contributed by atoms with Crippen molar-refractivity contribution in [3.63, 3.8) is 0 Å². The van der Waals surface area contributed by atoms with Crippen LogP contribution in [0.25, 0.3) is 5.69 Å². The van der Waals surface area contributed by atoms with Gasteiger partial charge in [-0.05, 0) is 25.1 Å². The fourth-order valence-corrected chi connectivity index (χ4v) is 2.06. The molecule has 0 atom stereocenters.